The summed E-state index contributed by atoms with van der Waals surface area (Å²) in [5.41, 5.74) is 0. The molecular weight excluding hydrogens is 216 g/mol. The van der Waals surface area contributed by atoms with Crippen molar-refractivity contribution in [2.75, 3.05) is 27.2 Å². The molecule has 1 fully saturated rings. The molecule has 2 atom stereocenters. The lowest BCUT2D eigenvalue weighted by Gasteiger charge is -2.31. The molecule has 1 aliphatic heterocycles. The number of esters is 1. The summed E-state index contributed by atoms with van der Waals surface area (Å²) in [5.74, 6) is -0.161. The smallest absolute Gasteiger partial charge is 0.324 e. The predicted molar refractivity (Wildman–Crippen MR) is 69.0 cm³/mol. The Bertz CT molecular complexity index is 233. The number of hydrogen-bond acceptors (Lipinski definition) is 4. The molecule has 0 radical (unpaired) electrons. The van der Waals surface area contributed by atoms with Crippen LogP contribution in [0.2, 0.25) is 0 Å². The van der Waals surface area contributed by atoms with Crippen LogP contribution >= 0.6 is 0 Å². The number of methoxy groups -OCH3 is 1. The fraction of sp³-hybridized carbons (Fsp3) is 0.923. The Kier molecular flexibility index (Phi) is 6.52. The van der Waals surface area contributed by atoms with Gasteiger partial charge in [-0.3, -0.25) is 9.69 Å². The van der Waals surface area contributed by atoms with Crippen molar-refractivity contribution in [2.24, 2.45) is 0 Å². The van der Waals surface area contributed by atoms with E-state index in [-0.39, 0.29) is 12.0 Å². The van der Waals surface area contributed by atoms with Crippen molar-refractivity contribution in [3.8, 4) is 0 Å². The maximum atomic E-state index is 11.6. The lowest BCUT2D eigenvalue weighted by Crippen LogP contribution is -2.48. The van der Waals surface area contributed by atoms with E-state index in [2.05, 4.69) is 17.1 Å². The average Bonchev–Trinajstić information content (AvgIpc) is 2.59. The third-order valence-corrected chi connectivity index (χ3v) is 3.72. The number of carbonyl (C=O) groups excluding carboxylic acids is 1. The van der Waals surface area contributed by atoms with Gasteiger partial charge >= 0.3 is 5.97 Å². The minimum Gasteiger partial charge on any atom is -0.468 e. The summed E-state index contributed by atoms with van der Waals surface area (Å²) in [7, 11) is 3.27. The second kappa shape index (κ2) is 7.67. The number of rotatable bonds is 5. The highest BCUT2D eigenvalue weighted by atomic mass is 16.5. The number of ether oxygens (including phenoxy) is 1. The standard InChI is InChI=1S/C13H26N2O2/c1-4-11-8-6-5-7-9-15(11)10-12(14-2)13(16)17-3/h11-12,14H,4-10H2,1-3H3. The molecule has 4 heteroatoms. The minimum absolute atomic E-state index is 0.161. The third kappa shape index (κ3) is 4.28. The van der Waals surface area contributed by atoms with E-state index in [1.807, 2.05) is 7.05 Å². The molecule has 17 heavy (non-hydrogen) atoms. The van der Waals surface area contributed by atoms with E-state index in [0.29, 0.717) is 6.04 Å². The minimum atomic E-state index is -0.202. The van der Waals surface area contributed by atoms with Crippen LogP contribution in [0.4, 0.5) is 0 Å². The lowest BCUT2D eigenvalue weighted by molar-refractivity contribution is -0.143. The van der Waals surface area contributed by atoms with Crippen molar-refractivity contribution >= 4 is 5.97 Å². The molecule has 1 rings (SSSR count). The van der Waals surface area contributed by atoms with E-state index < -0.39 is 0 Å². The molecular formula is C13H26N2O2. The summed E-state index contributed by atoms with van der Waals surface area (Å²) in [6.07, 6.45) is 6.30. The molecule has 0 saturated carbocycles. The highest BCUT2D eigenvalue weighted by Crippen LogP contribution is 2.19. The molecule has 0 aliphatic carbocycles. The van der Waals surface area contributed by atoms with Gasteiger partial charge in [-0.25, -0.2) is 0 Å². The van der Waals surface area contributed by atoms with E-state index in [4.69, 9.17) is 4.74 Å². The van der Waals surface area contributed by atoms with Gasteiger partial charge in [0.2, 0.25) is 0 Å². The maximum Gasteiger partial charge on any atom is 0.324 e. The summed E-state index contributed by atoms with van der Waals surface area (Å²) in [6.45, 7) is 4.10. The van der Waals surface area contributed by atoms with Gasteiger partial charge in [0.1, 0.15) is 6.04 Å². The van der Waals surface area contributed by atoms with Gasteiger partial charge in [-0.05, 0) is 32.9 Å². The fourth-order valence-electron chi connectivity index (χ4n) is 2.60. The number of nitrogens with zero attached hydrogens (tertiary/aromatic N) is 1. The predicted octanol–water partition coefficient (Wildman–Crippen LogP) is 1.40. The molecule has 0 aromatic rings. The summed E-state index contributed by atoms with van der Waals surface area (Å²) < 4.78 is 4.82. The van der Waals surface area contributed by atoms with Gasteiger partial charge in [0.05, 0.1) is 7.11 Å². The number of hydrogen-bond donors (Lipinski definition) is 1. The zero-order chi connectivity index (χ0) is 12.7. The highest BCUT2D eigenvalue weighted by Gasteiger charge is 2.25. The van der Waals surface area contributed by atoms with Crippen LogP contribution in [0.1, 0.15) is 39.0 Å². The number of likely N-dealkylation sites (tertiary alicyclic amines) is 1. The Morgan fingerprint density at radius 1 is 1.47 bits per heavy atom. The van der Waals surface area contributed by atoms with Gasteiger partial charge in [0, 0.05) is 12.6 Å². The zero-order valence-corrected chi connectivity index (χ0v) is 11.4. The van der Waals surface area contributed by atoms with Gasteiger partial charge < -0.3 is 10.1 Å². The summed E-state index contributed by atoms with van der Waals surface area (Å²) >= 11 is 0. The second-order valence-corrected chi connectivity index (χ2v) is 4.77. The van der Waals surface area contributed by atoms with E-state index in [9.17, 15) is 4.79 Å². The Hall–Kier alpha value is -0.610. The molecule has 0 amide bonds. The molecule has 1 saturated heterocycles. The van der Waals surface area contributed by atoms with E-state index in [0.717, 1.165) is 19.5 Å². The van der Waals surface area contributed by atoms with Crippen molar-refractivity contribution in [2.45, 2.75) is 51.1 Å². The third-order valence-electron chi connectivity index (χ3n) is 3.72. The van der Waals surface area contributed by atoms with Gasteiger partial charge in [-0.15, -0.1) is 0 Å². The molecule has 0 bridgehead atoms. The summed E-state index contributed by atoms with van der Waals surface area (Å²) in [4.78, 5) is 14.0. The lowest BCUT2D eigenvalue weighted by atomic mass is 10.1. The van der Waals surface area contributed by atoms with E-state index >= 15 is 0 Å². The number of likely N-dealkylation sites (N-methyl/N-ethyl adjacent to an activating group) is 1. The van der Waals surface area contributed by atoms with Crippen molar-refractivity contribution in [1.82, 2.24) is 10.2 Å². The van der Waals surface area contributed by atoms with Crippen LogP contribution in [0.15, 0.2) is 0 Å². The van der Waals surface area contributed by atoms with E-state index in [1.54, 1.807) is 0 Å². The topological polar surface area (TPSA) is 41.6 Å². The van der Waals surface area contributed by atoms with E-state index in [1.165, 1.54) is 32.8 Å². The Balaban J connectivity index is 2.58. The molecule has 0 spiro atoms. The van der Waals surface area contributed by atoms with Gasteiger partial charge in [0.15, 0.2) is 0 Å². The van der Waals surface area contributed by atoms with Gasteiger partial charge in [0.25, 0.3) is 0 Å². The first-order valence-electron chi connectivity index (χ1n) is 6.72. The first-order chi connectivity index (χ1) is 8.22. The van der Waals surface area contributed by atoms with Crippen LogP contribution in [0.5, 0.6) is 0 Å². The molecule has 2 unspecified atom stereocenters. The Morgan fingerprint density at radius 3 is 2.82 bits per heavy atom. The molecule has 0 aromatic carbocycles. The van der Waals surface area contributed by atoms with Crippen LogP contribution in [-0.4, -0.2) is 50.2 Å². The molecule has 1 aliphatic rings. The first kappa shape index (κ1) is 14.5. The second-order valence-electron chi connectivity index (χ2n) is 4.77. The summed E-state index contributed by atoms with van der Waals surface area (Å²) in [5, 5.41) is 3.05. The van der Waals surface area contributed by atoms with Crippen LogP contribution in [0.25, 0.3) is 0 Å². The van der Waals surface area contributed by atoms with Crippen molar-refractivity contribution in [3.05, 3.63) is 0 Å². The average molecular weight is 242 g/mol. The fourth-order valence-corrected chi connectivity index (χ4v) is 2.60. The molecule has 100 valence electrons. The van der Waals surface area contributed by atoms with Crippen LogP contribution in [0, 0.1) is 0 Å². The monoisotopic (exact) mass is 242 g/mol. The van der Waals surface area contributed by atoms with Crippen molar-refractivity contribution in [1.29, 1.82) is 0 Å². The molecule has 4 nitrogen and oxygen atoms in total. The quantitative estimate of drug-likeness (QED) is 0.740. The Labute approximate surface area is 105 Å². The number of carbonyl (C=O) groups is 1. The van der Waals surface area contributed by atoms with Gasteiger partial charge in [-0.1, -0.05) is 19.8 Å². The highest BCUT2D eigenvalue weighted by molar-refractivity contribution is 5.75. The molecule has 0 aromatic heterocycles. The summed E-state index contributed by atoms with van der Waals surface area (Å²) in [6, 6.07) is 0.421. The largest absolute Gasteiger partial charge is 0.468 e. The van der Waals surface area contributed by atoms with Crippen LogP contribution < -0.4 is 5.32 Å². The van der Waals surface area contributed by atoms with Crippen molar-refractivity contribution < 1.29 is 9.53 Å². The molecule has 1 heterocycles. The van der Waals surface area contributed by atoms with Gasteiger partial charge in [-0.2, -0.15) is 0 Å². The zero-order valence-electron chi connectivity index (χ0n) is 11.4. The number of nitrogens with one attached hydrogen (secondary N) is 1. The first-order valence-corrected chi connectivity index (χ1v) is 6.72. The maximum absolute atomic E-state index is 11.6. The SMILES string of the molecule is CCC1CCCCCN1CC(NC)C(=O)OC. The van der Waals surface area contributed by atoms with Crippen LogP contribution in [0.3, 0.4) is 0 Å². The Morgan fingerprint density at radius 2 is 2.24 bits per heavy atom. The van der Waals surface area contributed by atoms with Crippen LogP contribution in [-0.2, 0) is 9.53 Å². The van der Waals surface area contributed by atoms with Crippen molar-refractivity contribution in [3.63, 3.8) is 0 Å². The normalized spacial score (nSPS) is 24.1. The molecule has 1 N–H and O–H groups in total.